The van der Waals surface area contributed by atoms with E-state index in [4.69, 9.17) is 0 Å². The zero-order chi connectivity index (χ0) is 12.0. The van der Waals surface area contributed by atoms with Gasteiger partial charge in [-0.2, -0.15) is 0 Å². The molecule has 0 unspecified atom stereocenters. The largest absolute Gasteiger partial charge is 0.355 e. The third-order valence-electron chi connectivity index (χ3n) is 2.68. The minimum absolute atomic E-state index is 0.00528. The predicted octanol–water partition coefficient (Wildman–Crippen LogP) is 1.99. The molecule has 0 aliphatic heterocycles. The standard InChI is InChI=1S/C13H24N2O/c1-13(2,3)15-10-12(16)14-9-8-11-6-4-5-7-11/h6,15H,4-5,7-10H2,1-3H3,(H,14,16). The summed E-state index contributed by atoms with van der Waals surface area (Å²) in [6.07, 6.45) is 7.04. The van der Waals surface area contributed by atoms with Crippen LogP contribution in [-0.4, -0.2) is 24.5 Å². The van der Waals surface area contributed by atoms with Gasteiger partial charge in [0.2, 0.25) is 5.91 Å². The summed E-state index contributed by atoms with van der Waals surface area (Å²) in [5.74, 6) is 0.0912. The molecule has 0 aromatic rings. The topological polar surface area (TPSA) is 41.1 Å². The second kappa shape index (κ2) is 6.04. The zero-order valence-electron chi connectivity index (χ0n) is 10.7. The van der Waals surface area contributed by atoms with Crippen LogP contribution in [0.25, 0.3) is 0 Å². The first kappa shape index (κ1) is 13.2. The van der Waals surface area contributed by atoms with Crippen LogP contribution in [0.2, 0.25) is 0 Å². The Morgan fingerprint density at radius 1 is 1.44 bits per heavy atom. The first-order chi connectivity index (χ1) is 7.47. The summed E-state index contributed by atoms with van der Waals surface area (Å²) in [5, 5.41) is 6.11. The second-order valence-electron chi connectivity index (χ2n) is 5.46. The molecule has 1 aliphatic rings. The van der Waals surface area contributed by atoms with E-state index < -0.39 is 0 Å². The minimum atomic E-state index is 0.00528. The van der Waals surface area contributed by atoms with Crippen LogP contribution in [0.15, 0.2) is 11.6 Å². The molecule has 1 rings (SSSR count). The van der Waals surface area contributed by atoms with Crippen molar-refractivity contribution in [1.29, 1.82) is 0 Å². The number of carbonyl (C=O) groups excluding carboxylic acids is 1. The highest BCUT2D eigenvalue weighted by molar-refractivity contribution is 5.78. The maximum Gasteiger partial charge on any atom is 0.233 e. The molecule has 3 heteroatoms. The van der Waals surface area contributed by atoms with Crippen molar-refractivity contribution in [3.05, 3.63) is 11.6 Å². The van der Waals surface area contributed by atoms with Gasteiger partial charge in [-0.15, -0.1) is 0 Å². The lowest BCUT2D eigenvalue weighted by Gasteiger charge is -2.20. The Balaban J connectivity index is 2.06. The van der Waals surface area contributed by atoms with Crippen LogP contribution in [0.4, 0.5) is 0 Å². The van der Waals surface area contributed by atoms with E-state index in [1.54, 1.807) is 0 Å². The minimum Gasteiger partial charge on any atom is -0.355 e. The molecule has 0 aromatic heterocycles. The number of amides is 1. The van der Waals surface area contributed by atoms with Crippen LogP contribution in [0, 0.1) is 0 Å². The van der Waals surface area contributed by atoms with Gasteiger partial charge in [0.15, 0.2) is 0 Å². The van der Waals surface area contributed by atoms with E-state index in [2.05, 4.69) is 37.5 Å². The Bertz CT molecular complexity index is 264. The maximum atomic E-state index is 11.5. The van der Waals surface area contributed by atoms with E-state index in [9.17, 15) is 4.79 Å². The summed E-state index contributed by atoms with van der Waals surface area (Å²) >= 11 is 0. The van der Waals surface area contributed by atoms with Gasteiger partial charge in [0, 0.05) is 12.1 Å². The number of allylic oxidation sites excluding steroid dienone is 1. The summed E-state index contributed by atoms with van der Waals surface area (Å²) < 4.78 is 0. The lowest BCUT2D eigenvalue weighted by molar-refractivity contribution is -0.120. The van der Waals surface area contributed by atoms with Crippen LogP contribution < -0.4 is 10.6 Å². The predicted molar refractivity (Wildman–Crippen MR) is 67.3 cm³/mol. The van der Waals surface area contributed by atoms with E-state index in [-0.39, 0.29) is 11.4 Å². The molecule has 0 heterocycles. The van der Waals surface area contributed by atoms with Gasteiger partial charge >= 0.3 is 0 Å². The molecule has 1 aliphatic carbocycles. The summed E-state index contributed by atoms with van der Waals surface area (Å²) in [5.41, 5.74) is 1.51. The molecule has 92 valence electrons. The van der Waals surface area contributed by atoms with Gasteiger partial charge in [0.05, 0.1) is 6.54 Å². The summed E-state index contributed by atoms with van der Waals surface area (Å²) in [7, 11) is 0. The number of nitrogens with one attached hydrogen (secondary N) is 2. The van der Waals surface area contributed by atoms with Gasteiger partial charge in [-0.05, 0) is 46.5 Å². The third kappa shape index (κ3) is 5.91. The highest BCUT2D eigenvalue weighted by atomic mass is 16.1. The normalized spacial score (nSPS) is 16.1. The van der Waals surface area contributed by atoms with Gasteiger partial charge in [0.1, 0.15) is 0 Å². The Kier molecular flexibility index (Phi) is 5.00. The first-order valence-electron chi connectivity index (χ1n) is 6.17. The summed E-state index contributed by atoms with van der Waals surface area (Å²) in [6, 6.07) is 0. The molecule has 2 N–H and O–H groups in total. The van der Waals surface area contributed by atoms with Gasteiger partial charge in [-0.25, -0.2) is 0 Å². The fourth-order valence-corrected chi connectivity index (χ4v) is 1.73. The van der Waals surface area contributed by atoms with Gasteiger partial charge in [0.25, 0.3) is 0 Å². The van der Waals surface area contributed by atoms with E-state index in [1.165, 1.54) is 24.8 Å². The molecule has 3 nitrogen and oxygen atoms in total. The second-order valence-corrected chi connectivity index (χ2v) is 5.46. The number of rotatable bonds is 5. The molecule has 0 bridgehead atoms. The summed E-state index contributed by atoms with van der Waals surface area (Å²) in [6.45, 7) is 7.36. The Morgan fingerprint density at radius 2 is 2.19 bits per heavy atom. The molecule has 16 heavy (non-hydrogen) atoms. The van der Waals surface area contributed by atoms with Crippen molar-refractivity contribution in [3.8, 4) is 0 Å². The number of carbonyl (C=O) groups is 1. The first-order valence-corrected chi connectivity index (χ1v) is 6.17. The highest BCUT2D eigenvalue weighted by Crippen LogP contribution is 2.19. The lowest BCUT2D eigenvalue weighted by atomic mass is 10.1. The molecule has 0 fully saturated rings. The van der Waals surface area contributed by atoms with E-state index in [0.717, 1.165) is 13.0 Å². The van der Waals surface area contributed by atoms with E-state index in [1.807, 2.05) is 0 Å². The third-order valence-corrected chi connectivity index (χ3v) is 2.68. The fourth-order valence-electron chi connectivity index (χ4n) is 1.73. The van der Waals surface area contributed by atoms with Crippen molar-refractivity contribution in [2.75, 3.05) is 13.1 Å². The molecular weight excluding hydrogens is 200 g/mol. The van der Waals surface area contributed by atoms with Crippen LogP contribution in [0.3, 0.4) is 0 Å². The van der Waals surface area contributed by atoms with Gasteiger partial charge in [-0.1, -0.05) is 11.6 Å². The van der Waals surface area contributed by atoms with Crippen molar-refractivity contribution in [2.24, 2.45) is 0 Å². The number of hydrogen-bond acceptors (Lipinski definition) is 2. The van der Waals surface area contributed by atoms with Crippen molar-refractivity contribution in [2.45, 2.75) is 52.0 Å². The molecule has 0 spiro atoms. The molecule has 0 atom stereocenters. The highest BCUT2D eigenvalue weighted by Gasteiger charge is 2.11. The lowest BCUT2D eigenvalue weighted by Crippen LogP contribution is -2.43. The van der Waals surface area contributed by atoms with Crippen molar-refractivity contribution < 1.29 is 4.79 Å². The van der Waals surface area contributed by atoms with Crippen LogP contribution >= 0.6 is 0 Å². The Morgan fingerprint density at radius 3 is 2.75 bits per heavy atom. The average molecular weight is 224 g/mol. The molecule has 0 saturated carbocycles. The molecule has 0 aromatic carbocycles. The van der Waals surface area contributed by atoms with Crippen molar-refractivity contribution in [1.82, 2.24) is 10.6 Å². The molecule has 1 amide bonds. The zero-order valence-corrected chi connectivity index (χ0v) is 10.7. The monoisotopic (exact) mass is 224 g/mol. The van der Waals surface area contributed by atoms with Gasteiger partial charge < -0.3 is 10.6 Å². The summed E-state index contributed by atoms with van der Waals surface area (Å²) in [4.78, 5) is 11.5. The van der Waals surface area contributed by atoms with Crippen molar-refractivity contribution in [3.63, 3.8) is 0 Å². The SMILES string of the molecule is CC(C)(C)NCC(=O)NCCC1=CCCC1. The molecule has 0 saturated heterocycles. The van der Waals surface area contributed by atoms with Crippen LogP contribution in [0.1, 0.15) is 46.5 Å². The van der Waals surface area contributed by atoms with E-state index in [0.29, 0.717) is 6.54 Å². The quantitative estimate of drug-likeness (QED) is 0.701. The molecule has 0 radical (unpaired) electrons. The Hall–Kier alpha value is -0.830. The maximum absolute atomic E-state index is 11.5. The average Bonchev–Trinajstić information content (AvgIpc) is 2.66. The van der Waals surface area contributed by atoms with Crippen molar-refractivity contribution >= 4 is 5.91 Å². The van der Waals surface area contributed by atoms with Crippen LogP contribution in [-0.2, 0) is 4.79 Å². The van der Waals surface area contributed by atoms with Crippen LogP contribution in [0.5, 0.6) is 0 Å². The Labute approximate surface area is 98.7 Å². The van der Waals surface area contributed by atoms with Gasteiger partial charge in [-0.3, -0.25) is 4.79 Å². The van der Waals surface area contributed by atoms with E-state index >= 15 is 0 Å². The smallest absolute Gasteiger partial charge is 0.233 e. The fraction of sp³-hybridized carbons (Fsp3) is 0.769. The molecular formula is C13H24N2O. The number of hydrogen-bond donors (Lipinski definition) is 2.